The maximum atomic E-state index is 11.2. The highest BCUT2D eigenvalue weighted by atomic mass is 16.5. The molecule has 2 aliphatic rings. The fraction of sp³-hybridized carbons (Fsp3) is 0.583. The van der Waals surface area contributed by atoms with Gasteiger partial charge in [-0.25, -0.2) is 4.79 Å². The van der Waals surface area contributed by atoms with Gasteiger partial charge in [-0.3, -0.25) is 0 Å². The number of ether oxygens (including phenoxy) is 1. The SMILES string of the molecule is Cn1cc2c(c1C(=O)O)OC1(CCCC1)CN2. The molecule has 1 aliphatic heterocycles. The van der Waals surface area contributed by atoms with Crippen LogP contribution in [0.5, 0.6) is 5.75 Å². The van der Waals surface area contributed by atoms with Crippen molar-refractivity contribution in [2.45, 2.75) is 31.3 Å². The minimum atomic E-state index is -0.939. The molecular formula is C12H16N2O3. The number of anilines is 1. The van der Waals surface area contributed by atoms with Crippen LogP contribution in [0, 0.1) is 0 Å². The van der Waals surface area contributed by atoms with E-state index in [9.17, 15) is 9.90 Å². The topological polar surface area (TPSA) is 63.5 Å². The molecular weight excluding hydrogens is 220 g/mol. The van der Waals surface area contributed by atoms with Crippen LogP contribution < -0.4 is 10.1 Å². The van der Waals surface area contributed by atoms with Crippen LogP contribution >= 0.6 is 0 Å². The second kappa shape index (κ2) is 3.42. The van der Waals surface area contributed by atoms with Gasteiger partial charge in [-0.15, -0.1) is 0 Å². The lowest BCUT2D eigenvalue weighted by atomic mass is 10.0. The van der Waals surface area contributed by atoms with Crippen molar-refractivity contribution in [3.05, 3.63) is 11.9 Å². The number of nitrogens with one attached hydrogen (secondary N) is 1. The first-order valence-corrected chi connectivity index (χ1v) is 5.97. The van der Waals surface area contributed by atoms with Crippen molar-refractivity contribution in [2.75, 3.05) is 11.9 Å². The minimum absolute atomic E-state index is 0.182. The van der Waals surface area contributed by atoms with E-state index < -0.39 is 5.97 Å². The lowest BCUT2D eigenvalue weighted by Crippen LogP contribution is -2.43. The second-order valence-corrected chi connectivity index (χ2v) is 4.98. The summed E-state index contributed by atoms with van der Waals surface area (Å²) in [7, 11) is 1.73. The van der Waals surface area contributed by atoms with Crippen molar-refractivity contribution in [3.8, 4) is 5.75 Å². The monoisotopic (exact) mass is 236 g/mol. The van der Waals surface area contributed by atoms with Crippen LogP contribution in [0.1, 0.15) is 36.2 Å². The summed E-state index contributed by atoms with van der Waals surface area (Å²) in [6.45, 7) is 0.781. The van der Waals surface area contributed by atoms with Gasteiger partial charge in [0.25, 0.3) is 0 Å². The van der Waals surface area contributed by atoms with E-state index >= 15 is 0 Å². The number of fused-ring (bicyclic) bond motifs is 1. The third kappa shape index (κ3) is 1.49. The largest absolute Gasteiger partial charge is 0.481 e. The van der Waals surface area contributed by atoms with Crippen LogP contribution in [0.25, 0.3) is 0 Å². The minimum Gasteiger partial charge on any atom is -0.481 e. The Bertz CT molecular complexity index is 472. The van der Waals surface area contributed by atoms with Crippen LogP contribution in [-0.2, 0) is 7.05 Å². The molecule has 17 heavy (non-hydrogen) atoms. The third-order valence-electron chi connectivity index (χ3n) is 3.77. The number of carboxylic acids is 1. The first kappa shape index (κ1) is 10.5. The van der Waals surface area contributed by atoms with Crippen LogP contribution in [0.3, 0.4) is 0 Å². The molecule has 1 aliphatic carbocycles. The number of aromatic nitrogens is 1. The van der Waals surface area contributed by atoms with E-state index in [1.807, 2.05) is 0 Å². The fourth-order valence-electron chi connectivity index (χ4n) is 2.89. The van der Waals surface area contributed by atoms with Crippen LogP contribution in [0.2, 0.25) is 0 Å². The molecule has 1 aromatic rings. The molecule has 0 unspecified atom stereocenters. The van der Waals surface area contributed by atoms with E-state index in [0.29, 0.717) is 5.75 Å². The van der Waals surface area contributed by atoms with Crippen molar-refractivity contribution < 1.29 is 14.6 Å². The van der Waals surface area contributed by atoms with Gasteiger partial charge in [-0.2, -0.15) is 0 Å². The van der Waals surface area contributed by atoms with Gasteiger partial charge in [0.2, 0.25) is 0 Å². The van der Waals surface area contributed by atoms with Gasteiger partial charge in [0.15, 0.2) is 11.4 Å². The standard InChI is InChI=1S/C12H16N2O3/c1-14-6-8-10(9(14)11(15)16)17-12(7-13-8)4-2-3-5-12/h6,13H,2-5,7H2,1H3,(H,15,16). The van der Waals surface area contributed by atoms with Crippen molar-refractivity contribution in [2.24, 2.45) is 7.05 Å². The number of aromatic carboxylic acids is 1. The zero-order valence-electron chi connectivity index (χ0n) is 9.82. The first-order valence-electron chi connectivity index (χ1n) is 5.97. The summed E-state index contributed by atoms with van der Waals surface area (Å²) in [6, 6.07) is 0. The molecule has 5 heteroatoms. The van der Waals surface area contributed by atoms with Crippen molar-refractivity contribution >= 4 is 11.7 Å². The Morgan fingerprint density at radius 3 is 2.88 bits per heavy atom. The number of aryl methyl sites for hydroxylation is 1. The Kier molecular flexibility index (Phi) is 2.11. The van der Waals surface area contributed by atoms with Gasteiger partial charge in [-0.05, 0) is 25.7 Å². The highest BCUT2D eigenvalue weighted by Gasteiger charge is 2.41. The van der Waals surface area contributed by atoms with E-state index in [0.717, 1.165) is 37.9 Å². The van der Waals surface area contributed by atoms with E-state index in [-0.39, 0.29) is 11.3 Å². The summed E-state index contributed by atoms with van der Waals surface area (Å²) < 4.78 is 7.63. The number of hydrogen-bond donors (Lipinski definition) is 2. The van der Waals surface area contributed by atoms with Gasteiger partial charge >= 0.3 is 5.97 Å². The molecule has 5 nitrogen and oxygen atoms in total. The first-order chi connectivity index (χ1) is 8.11. The highest BCUT2D eigenvalue weighted by molar-refractivity contribution is 5.92. The molecule has 0 saturated heterocycles. The smallest absolute Gasteiger partial charge is 0.356 e. The van der Waals surface area contributed by atoms with E-state index in [4.69, 9.17) is 4.74 Å². The average Bonchev–Trinajstić information content (AvgIpc) is 2.82. The average molecular weight is 236 g/mol. The predicted octanol–water partition coefficient (Wildman–Crippen LogP) is 1.84. The molecule has 1 saturated carbocycles. The molecule has 0 amide bonds. The van der Waals surface area contributed by atoms with Crippen LogP contribution in [0.4, 0.5) is 5.69 Å². The normalized spacial score (nSPS) is 20.8. The number of nitrogens with zero attached hydrogens (tertiary/aromatic N) is 1. The molecule has 1 fully saturated rings. The predicted molar refractivity (Wildman–Crippen MR) is 62.7 cm³/mol. The Labute approximate surface area is 99.4 Å². The number of carbonyl (C=O) groups is 1. The van der Waals surface area contributed by atoms with Crippen molar-refractivity contribution in [1.29, 1.82) is 0 Å². The highest BCUT2D eigenvalue weighted by Crippen LogP contribution is 2.43. The zero-order valence-corrected chi connectivity index (χ0v) is 9.82. The van der Waals surface area contributed by atoms with Gasteiger partial charge in [0.1, 0.15) is 5.60 Å². The Balaban J connectivity index is 2.02. The summed E-state index contributed by atoms with van der Waals surface area (Å²) in [4.78, 5) is 11.2. The second-order valence-electron chi connectivity index (χ2n) is 4.98. The molecule has 0 radical (unpaired) electrons. The molecule has 92 valence electrons. The molecule has 0 aromatic carbocycles. The van der Waals surface area contributed by atoms with Gasteiger partial charge < -0.3 is 19.7 Å². The lowest BCUT2D eigenvalue weighted by Gasteiger charge is -2.35. The Hall–Kier alpha value is -1.65. The number of rotatable bonds is 1. The molecule has 3 rings (SSSR count). The maximum Gasteiger partial charge on any atom is 0.356 e. The molecule has 0 atom stereocenters. The van der Waals surface area contributed by atoms with Gasteiger partial charge in [-0.1, -0.05) is 0 Å². The fourth-order valence-corrected chi connectivity index (χ4v) is 2.89. The van der Waals surface area contributed by atoms with E-state index in [1.54, 1.807) is 17.8 Å². The van der Waals surface area contributed by atoms with Crippen LogP contribution in [-0.4, -0.2) is 27.8 Å². The molecule has 0 bridgehead atoms. The Morgan fingerprint density at radius 1 is 1.53 bits per heavy atom. The van der Waals surface area contributed by atoms with E-state index in [1.165, 1.54) is 0 Å². The molecule has 1 spiro atoms. The summed E-state index contributed by atoms with van der Waals surface area (Å²) in [6.07, 6.45) is 6.11. The van der Waals surface area contributed by atoms with Crippen molar-refractivity contribution in [3.63, 3.8) is 0 Å². The summed E-state index contributed by atoms with van der Waals surface area (Å²) in [5, 5.41) is 12.5. The van der Waals surface area contributed by atoms with Gasteiger partial charge in [0, 0.05) is 13.2 Å². The quantitative estimate of drug-likeness (QED) is 0.781. The number of carboxylic acid groups (broad SMARTS) is 1. The third-order valence-corrected chi connectivity index (χ3v) is 3.77. The molecule has 2 N–H and O–H groups in total. The molecule has 1 aromatic heterocycles. The molecule has 2 heterocycles. The van der Waals surface area contributed by atoms with Crippen LogP contribution in [0.15, 0.2) is 6.20 Å². The zero-order chi connectivity index (χ0) is 12.0. The van der Waals surface area contributed by atoms with Gasteiger partial charge in [0.05, 0.1) is 12.2 Å². The Morgan fingerprint density at radius 2 is 2.24 bits per heavy atom. The lowest BCUT2D eigenvalue weighted by molar-refractivity contribution is 0.0634. The summed E-state index contributed by atoms with van der Waals surface area (Å²) in [5.74, 6) is -0.432. The summed E-state index contributed by atoms with van der Waals surface area (Å²) in [5.41, 5.74) is 0.847. The van der Waals surface area contributed by atoms with E-state index in [2.05, 4.69) is 5.32 Å². The number of hydrogen-bond acceptors (Lipinski definition) is 3. The van der Waals surface area contributed by atoms with Crippen molar-refractivity contribution in [1.82, 2.24) is 4.57 Å². The maximum absolute atomic E-state index is 11.2. The summed E-state index contributed by atoms with van der Waals surface area (Å²) >= 11 is 0.